The minimum absolute atomic E-state index is 0.112. The van der Waals surface area contributed by atoms with Crippen LogP contribution in [-0.2, 0) is 19.1 Å². The monoisotopic (exact) mass is 248 g/mol. The summed E-state index contributed by atoms with van der Waals surface area (Å²) in [6, 6.07) is -0.752. The molecule has 0 rings (SSSR count). The molecule has 0 heterocycles. The standard InChI is InChI=1S/C9H16N2O4S/c1-6(12)10-4-3-8(13)11-7(5-16)9(14)15-2/h7,16H,3-5H2,1-2H3,(H,10,12)(H,11,13). The van der Waals surface area contributed by atoms with Gasteiger partial charge in [-0.25, -0.2) is 4.79 Å². The molecule has 0 saturated heterocycles. The van der Waals surface area contributed by atoms with Gasteiger partial charge in [-0.05, 0) is 0 Å². The minimum Gasteiger partial charge on any atom is -0.467 e. The van der Waals surface area contributed by atoms with Crippen LogP contribution in [0.25, 0.3) is 0 Å². The maximum absolute atomic E-state index is 11.3. The first-order chi connectivity index (χ1) is 7.51. The summed E-state index contributed by atoms with van der Waals surface area (Å²) >= 11 is 3.92. The van der Waals surface area contributed by atoms with E-state index in [0.717, 1.165) is 0 Å². The van der Waals surface area contributed by atoms with Crippen LogP contribution in [0, 0.1) is 0 Å². The van der Waals surface area contributed by atoms with Crippen molar-refractivity contribution in [2.24, 2.45) is 0 Å². The maximum Gasteiger partial charge on any atom is 0.329 e. The molecule has 0 spiro atoms. The van der Waals surface area contributed by atoms with Crippen LogP contribution >= 0.6 is 12.6 Å². The van der Waals surface area contributed by atoms with Gasteiger partial charge >= 0.3 is 5.97 Å². The number of esters is 1. The molecule has 7 heteroatoms. The van der Waals surface area contributed by atoms with E-state index in [1.165, 1.54) is 14.0 Å². The van der Waals surface area contributed by atoms with Crippen LogP contribution in [0.3, 0.4) is 0 Å². The number of ether oxygens (including phenoxy) is 1. The molecule has 0 saturated carbocycles. The lowest BCUT2D eigenvalue weighted by atomic mass is 10.3. The molecule has 0 bridgehead atoms. The first-order valence-electron chi connectivity index (χ1n) is 4.73. The molecule has 6 nitrogen and oxygen atoms in total. The van der Waals surface area contributed by atoms with E-state index >= 15 is 0 Å². The van der Waals surface area contributed by atoms with Gasteiger partial charge in [0.05, 0.1) is 7.11 Å². The van der Waals surface area contributed by atoms with Crippen molar-refractivity contribution >= 4 is 30.4 Å². The molecule has 0 aromatic carbocycles. The molecule has 0 radical (unpaired) electrons. The molecular weight excluding hydrogens is 232 g/mol. The van der Waals surface area contributed by atoms with Gasteiger partial charge in [0, 0.05) is 25.6 Å². The third-order valence-electron chi connectivity index (χ3n) is 1.73. The van der Waals surface area contributed by atoms with E-state index in [4.69, 9.17) is 0 Å². The van der Waals surface area contributed by atoms with Crippen molar-refractivity contribution in [3.8, 4) is 0 Å². The SMILES string of the molecule is COC(=O)C(CS)NC(=O)CCNC(C)=O. The number of methoxy groups -OCH3 is 1. The van der Waals surface area contributed by atoms with E-state index in [1.807, 2.05) is 0 Å². The zero-order valence-corrected chi connectivity index (χ0v) is 10.2. The number of nitrogens with one attached hydrogen (secondary N) is 2. The van der Waals surface area contributed by atoms with Crippen molar-refractivity contribution in [2.45, 2.75) is 19.4 Å². The topological polar surface area (TPSA) is 84.5 Å². The van der Waals surface area contributed by atoms with E-state index < -0.39 is 12.0 Å². The molecule has 0 aliphatic heterocycles. The number of rotatable bonds is 6. The van der Waals surface area contributed by atoms with Crippen LogP contribution in [0.4, 0.5) is 0 Å². The Hall–Kier alpha value is -1.24. The molecule has 0 aliphatic rings. The number of hydrogen-bond donors (Lipinski definition) is 3. The van der Waals surface area contributed by atoms with Crippen molar-refractivity contribution in [3.05, 3.63) is 0 Å². The largest absolute Gasteiger partial charge is 0.467 e. The lowest BCUT2D eigenvalue weighted by Crippen LogP contribution is -2.43. The summed E-state index contributed by atoms with van der Waals surface area (Å²) in [7, 11) is 1.24. The van der Waals surface area contributed by atoms with Crippen LogP contribution in [-0.4, -0.2) is 43.2 Å². The van der Waals surface area contributed by atoms with E-state index in [-0.39, 0.29) is 30.5 Å². The van der Waals surface area contributed by atoms with Crippen LogP contribution in [0.5, 0.6) is 0 Å². The van der Waals surface area contributed by atoms with Crippen molar-refractivity contribution in [1.82, 2.24) is 10.6 Å². The van der Waals surface area contributed by atoms with E-state index in [0.29, 0.717) is 0 Å². The summed E-state index contributed by atoms with van der Waals surface area (Å²) in [5.74, 6) is -0.911. The van der Waals surface area contributed by atoms with Crippen molar-refractivity contribution in [1.29, 1.82) is 0 Å². The molecule has 2 N–H and O–H groups in total. The Balaban J connectivity index is 3.92. The van der Waals surface area contributed by atoms with E-state index in [9.17, 15) is 14.4 Å². The highest BCUT2D eigenvalue weighted by Gasteiger charge is 2.19. The van der Waals surface area contributed by atoms with Crippen LogP contribution < -0.4 is 10.6 Å². The van der Waals surface area contributed by atoms with Gasteiger partial charge in [-0.1, -0.05) is 0 Å². The van der Waals surface area contributed by atoms with E-state index in [2.05, 4.69) is 28.0 Å². The van der Waals surface area contributed by atoms with Gasteiger partial charge in [0.15, 0.2) is 0 Å². The Morgan fingerprint density at radius 1 is 1.38 bits per heavy atom. The summed E-state index contributed by atoms with van der Waals surface area (Å²) in [6.45, 7) is 1.60. The van der Waals surface area contributed by atoms with Gasteiger partial charge in [0.25, 0.3) is 0 Å². The minimum atomic E-state index is -0.752. The quantitative estimate of drug-likeness (QED) is 0.420. The van der Waals surface area contributed by atoms with Gasteiger partial charge in [-0.3, -0.25) is 9.59 Å². The van der Waals surface area contributed by atoms with Gasteiger partial charge in [-0.15, -0.1) is 0 Å². The number of carbonyl (C=O) groups excluding carboxylic acids is 3. The smallest absolute Gasteiger partial charge is 0.329 e. The van der Waals surface area contributed by atoms with Gasteiger partial charge in [0.1, 0.15) is 6.04 Å². The Labute approximate surface area is 99.5 Å². The zero-order valence-electron chi connectivity index (χ0n) is 9.28. The van der Waals surface area contributed by atoms with Crippen LogP contribution in [0.1, 0.15) is 13.3 Å². The second kappa shape index (κ2) is 7.98. The summed E-state index contributed by atoms with van der Waals surface area (Å²) in [5, 5.41) is 4.93. The van der Waals surface area contributed by atoms with Crippen molar-refractivity contribution in [3.63, 3.8) is 0 Å². The molecule has 16 heavy (non-hydrogen) atoms. The highest BCUT2D eigenvalue weighted by atomic mass is 32.1. The average molecular weight is 248 g/mol. The van der Waals surface area contributed by atoms with Gasteiger partial charge in [0.2, 0.25) is 11.8 Å². The lowest BCUT2D eigenvalue weighted by Gasteiger charge is -2.13. The van der Waals surface area contributed by atoms with E-state index in [1.54, 1.807) is 0 Å². The van der Waals surface area contributed by atoms with Crippen LogP contribution in [0.15, 0.2) is 0 Å². The molecular formula is C9H16N2O4S. The second-order valence-corrected chi connectivity index (χ2v) is 3.42. The van der Waals surface area contributed by atoms with Crippen molar-refractivity contribution < 1.29 is 19.1 Å². The lowest BCUT2D eigenvalue weighted by molar-refractivity contribution is -0.144. The number of thiol groups is 1. The fourth-order valence-corrected chi connectivity index (χ4v) is 1.18. The highest BCUT2D eigenvalue weighted by molar-refractivity contribution is 7.80. The number of carbonyl (C=O) groups is 3. The maximum atomic E-state index is 11.3. The van der Waals surface area contributed by atoms with Gasteiger partial charge < -0.3 is 15.4 Å². The second-order valence-electron chi connectivity index (χ2n) is 3.06. The predicted molar refractivity (Wildman–Crippen MR) is 61.1 cm³/mol. The number of hydrogen-bond acceptors (Lipinski definition) is 5. The Morgan fingerprint density at radius 2 is 2.00 bits per heavy atom. The Kier molecular flexibility index (Phi) is 7.36. The molecule has 2 amide bonds. The Bertz CT molecular complexity index is 270. The fourth-order valence-electron chi connectivity index (χ4n) is 0.940. The summed E-state index contributed by atoms with van der Waals surface area (Å²) in [5.41, 5.74) is 0. The first-order valence-corrected chi connectivity index (χ1v) is 5.37. The third kappa shape index (κ3) is 6.28. The molecule has 92 valence electrons. The zero-order chi connectivity index (χ0) is 12.6. The molecule has 0 aromatic rings. The third-order valence-corrected chi connectivity index (χ3v) is 2.09. The molecule has 0 fully saturated rings. The predicted octanol–water partition coefficient (Wildman–Crippen LogP) is -0.900. The number of amides is 2. The molecule has 1 atom stereocenters. The molecule has 0 aromatic heterocycles. The first kappa shape index (κ1) is 14.8. The summed E-state index contributed by atoms with van der Waals surface area (Å²) in [4.78, 5) is 32.9. The van der Waals surface area contributed by atoms with Gasteiger partial charge in [-0.2, -0.15) is 12.6 Å². The van der Waals surface area contributed by atoms with Crippen molar-refractivity contribution in [2.75, 3.05) is 19.4 Å². The normalized spacial score (nSPS) is 11.4. The fraction of sp³-hybridized carbons (Fsp3) is 0.667. The molecule has 1 unspecified atom stereocenters. The molecule has 0 aliphatic carbocycles. The highest BCUT2D eigenvalue weighted by Crippen LogP contribution is 1.92. The summed E-state index contributed by atoms with van der Waals surface area (Å²) in [6.07, 6.45) is 0.112. The van der Waals surface area contributed by atoms with Crippen LogP contribution in [0.2, 0.25) is 0 Å². The Morgan fingerprint density at radius 3 is 2.44 bits per heavy atom. The summed E-state index contributed by atoms with van der Waals surface area (Å²) < 4.78 is 4.47. The average Bonchev–Trinajstić information content (AvgIpc) is 2.24.